The third kappa shape index (κ3) is 3.11. The Labute approximate surface area is 214 Å². The molecule has 0 aliphatic rings. The van der Waals surface area contributed by atoms with Crippen LogP contribution in [0.3, 0.4) is 0 Å². The van der Waals surface area contributed by atoms with E-state index in [-0.39, 0.29) is 0 Å². The number of rotatable bonds is 2. The van der Waals surface area contributed by atoms with E-state index in [0.29, 0.717) is 0 Å². The Bertz CT molecular complexity index is 2140. The van der Waals surface area contributed by atoms with Gasteiger partial charge in [-0.1, -0.05) is 103 Å². The van der Waals surface area contributed by atoms with Crippen LogP contribution in [0.5, 0.6) is 0 Å². The smallest absolute Gasteiger partial charge is 0.0547 e. The molecule has 0 radical (unpaired) electrons. The summed E-state index contributed by atoms with van der Waals surface area (Å²) in [6.07, 6.45) is 0. The van der Waals surface area contributed by atoms with Crippen LogP contribution in [-0.4, -0.2) is 4.57 Å². The van der Waals surface area contributed by atoms with Gasteiger partial charge in [-0.15, -0.1) is 0 Å². The van der Waals surface area contributed by atoms with Gasteiger partial charge in [0, 0.05) is 16.5 Å². The van der Waals surface area contributed by atoms with Crippen LogP contribution in [0.4, 0.5) is 0 Å². The van der Waals surface area contributed by atoms with Crippen LogP contribution >= 0.6 is 0 Å². The molecule has 0 spiro atoms. The predicted octanol–water partition coefficient (Wildman–Crippen LogP) is 9.91. The lowest BCUT2D eigenvalue weighted by molar-refractivity contribution is 1.19. The Morgan fingerprint density at radius 1 is 0.351 bits per heavy atom. The highest BCUT2D eigenvalue weighted by Gasteiger charge is 2.15. The Morgan fingerprint density at radius 2 is 0.946 bits per heavy atom. The summed E-state index contributed by atoms with van der Waals surface area (Å²) in [5.41, 5.74) is 6.15. The molecule has 0 aliphatic heterocycles. The maximum Gasteiger partial charge on any atom is 0.0547 e. The lowest BCUT2D eigenvalue weighted by Gasteiger charge is -2.10. The second-order valence-corrected chi connectivity index (χ2v) is 9.84. The van der Waals surface area contributed by atoms with E-state index in [0.717, 1.165) is 0 Å². The third-order valence-corrected chi connectivity index (χ3v) is 7.73. The second kappa shape index (κ2) is 7.81. The lowest BCUT2D eigenvalue weighted by Crippen LogP contribution is -1.93. The molecule has 1 heteroatoms. The van der Waals surface area contributed by atoms with Gasteiger partial charge in [-0.3, -0.25) is 0 Å². The van der Waals surface area contributed by atoms with E-state index in [1.54, 1.807) is 0 Å². The van der Waals surface area contributed by atoms with Gasteiger partial charge in [0.2, 0.25) is 0 Å². The first kappa shape index (κ1) is 20.3. The minimum atomic E-state index is 1.19. The van der Waals surface area contributed by atoms with E-state index in [1.165, 1.54) is 70.9 Å². The fourth-order valence-electron chi connectivity index (χ4n) is 5.93. The fraction of sp³-hybridized carbons (Fsp3) is 0. The van der Waals surface area contributed by atoms with Crippen molar-refractivity contribution in [2.45, 2.75) is 0 Å². The number of hydrogen-bond acceptors (Lipinski definition) is 0. The summed E-state index contributed by atoms with van der Waals surface area (Å²) in [5, 5.41) is 10.2. The Kier molecular flexibility index (Phi) is 4.29. The number of hydrogen-bond donors (Lipinski definition) is 0. The average Bonchev–Trinajstić information content (AvgIpc) is 3.31. The van der Waals surface area contributed by atoms with Crippen LogP contribution in [0.1, 0.15) is 0 Å². The van der Waals surface area contributed by atoms with E-state index in [9.17, 15) is 0 Å². The molecule has 1 aromatic heterocycles. The van der Waals surface area contributed by atoms with Crippen molar-refractivity contribution in [3.8, 4) is 16.8 Å². The quantitative estimate of drug-likeness (QED) is 0.237. The largest absolute Gasteiger partial charge is 0.309 e. The Morgan fingerprint density at radius 3 is 1.76 bits per heavy atom. The summed E-state index contributed by atoms with van der Waals surface area (Å²) in [5.74, 6) is 0. The molecule has 0 aliphatic carbocycles. The zero-order valence-electron chi connectivity index (χ0n) is 20.2. The molecule has 8 rings (SSSR count). The highest BCUT2D eigenvalue weighted by atomic mass is 15.0. The first-order valence-electron chi connectivity index (χ1n) is 12.8. The van der Waals surface area contributed by atoms with Crippen molar-refractivity contribution in [1.29, 1.82) is 0 Å². The summed E-state index contributed by atoms with van der Waals surface area (Å²) < 4.78 is 2.42. The molecule has 0 saturated heterocycles. The highest BCUT2D eigenvalue weighted by Crippen LogP contribution is 2.39. The molecule has 0 atom stereocenters. The van der Waals surface area contributed by atoms with Gasteiger partial charge in [-0.05, 0) is 79.8 Å². The second-order valence-electron chi connectivity index (χ2n) is 9.84. The topological polar surface area (TPSA) is 4.93 Å². The molecule has 7 aromatic carbocycles. The van der Waals surface area contributed by atoms with Gasteiger partial charge in [0.15, 0.2) is 0 Å². The van der Waals surface area contributed by atoms with Crippen molar-refractivity contribution >= 4 is 54.1 Å². The van der Waals surface area contributed by atoms with Crippen LogP contribution in [-0.2, 0) is 0 Å². The van der Waals surface area contributed by atoms with Gasteiger partial charge < -0.3 is 4.57 Å². The number of fused-ring (bicyclic) bond motifs is 7. The normalized spacial score (nSPS) is 11.8. The first-order chi connectivity index (χ1) is 18.3. The van der Waals surface area contributed by atoms with Crippen LogP contribution in [0.15, 0.2) is 140 Å². The monoisotopic (exact) mass is 469 g/mol. The van der Waals surface area contributed by atoms with Gasteiger partial charge in [-0.25, -0.2) is 0 Å². The molecule has 1 heterocycles. The van der Waals surface area contributed by atoms with E-state index in [1.807, 2.05) is 0 Å². The van der Waals surface area contributed by atoms with Crippen LogP contribution < -0.4 is 0 Å². The summed E-state index contributed by atoms with van der Waals surface area (Å²) in [4.78, 5) is 0. The summed E-state index contributed by atoms with van der Waals surface area (Å²) in [6, 6.07) is 50.9. The van der Waals surface area contributed by atoms with Gasteiger partial charge in [0.1, 0.15) is 0 Å². The van der Waals surface area contributed by atoms with E-state index < -0.39 is 0 Å². The highest BCUT2D eigenvalue weighted by molar-refractivity contribution is 6.22. The average molecular weight is 470 g/mol. The molecule has 0 unspecified atom stereocenters. The van der Waals surface area contributed by atoms with Crippen molar-refractivity contribution in [3.05, 3.63) is 140 Å². The molecule has 0 fully saturated rings. The first-order valence-corrected chi connectivity index (χ1v) is 12.8. The number of benzene rings is 7. The molecular weight excluding hydrogens is 446 g/mol. The zero-order valence-corrected chi connectivity index (χ0v) is 20.2. The van der Waals surface area contributed by atoms with Gasteiger partial charge >= 0.3 is 0 Å². The molecule has 0 saturated carbocycles. The van der Waals surface area contributed by atoms with E-state index in [2.05, 4.69) is 144 Å². The van der Waals surface area contributed by atoms with Crippen molar-refractivity contribution in [3.63, 3.8) is 0 Å². The minimum Gasteiger partial charge on any atom is -0.309 e. The number of aromatic nitrogens is 1. The molecule has 0 amide bonds. The summed E-state index contributed by atoms with van der Waals surface area (Å²) >= 11 is 0. The predicted molar refractivity (Wildman–Crippen MR) is 159 cm³/mol. The molecule has 172 valence electrons. The van der Waals surface area contributed by atoms with Crippen molar-refractivity contribution in [1.82, 2.24) is 4.57 Å². The van der Waals surface area contributed by atoms with E-state index >= 15 is 0 Å². The van der Waals surface area contributed by atoms with Crippen molar-refractivity contribution < 1.29 is 0 Å². The molecule has 0 bridgehead atoms. The van der Waals surface area contributed by atoms with Crippen LogP contribution in [0, 0.1) is 0 Å². The Balaban J connectivity index is 1.42. The van der Waals surface area contributed by atoms with Gasteiger partial charge in [-0.2, -0.15) is 0 Å². The molecule has 1 nitrogen and oxygen atoms in total. The fourth-order valence-corrected chi connectivity index (χ4v) is 5.93. The Hall–Kier alpha value is -4.88. The van der Waals surface area contributed by atoms with Gasteiger partial charge in [0.05, 0.1) is 11.0 Å². The van der Waals surface area contributed by atoms with Crippen LogP contribution in [0.25, 0.3) is 70.9 Å². The molecular formula is C36H23N. The summed E-state index contributed by atoms with van der Waals surface area (Å²) in [7, 11) is 0. The zero-order chi connectivity index (χ0) is 24.3. The molecule has 37 heavy (non-hydrogen) atoms. The molecule has 8 aromatic rings. The molecule has 0 N–H and O–H groups in total. The van der Waals surface area contributed by atoms with E-state index in [4.69, 9.17) is 0 Å². The van der Waals surface area contributed by atoms with Crippen molar-refractivity contribution in [2.24, 2.45) is 0 Å². The maximum absolute atomic E-state index is 2.42. The van der Waals surface area contributed by atoms with Crippen molar-refractivity contribution in [2.75, 3.05) is 0 Å². The third-order valence-electron chi connectivity index (χ3n) is 7.73. The number of nitrogens with zero attached hydrogens (tertiary/aromatic N) is 1. The summed E-state index contributed by atoms with van der Waals surface area (Å²) in [6.45, 7) is 0. The maximum atomic E-state index is 2.42. The lowest BCUT2D eigenvalue weighted by atomic mass is 9.96. The van der Waals surface area contributed by atoms with Gasteiger partial charge in [0.25, 0.3) is 0 Å². The number of para-hydroxylation sites is 1. The SMILES string of the molecule is c1ccc2cc(-c3ccc4ccc5c(c4c3)c3ccccc3n5-c3ccc4ccccc4c3)ccc2c1. The minimum absolute atomic E-state index is 1.19. The van der Waals surface area contributed by atoms with Crippen LogP contribution in [0.2, 0.25) is 0 Å². The standard InChI is InChI=1S/C36H23N/c1-3-9-27-21-29(15-13-24(27)7-1)30-16-14-26-18-20-35-36(33(26)23-30)32-11-5-6-12-34(32)37(35)31-19-17-25-8-2-4-10-28(25)22-31/h1-23H.